The molecule has 0 saturated carbocycles. The topological polar surface area (TPSA) is 43.6 Å². The van der Waals surface area contributed by atoms with Crippen molar-refractivity contribution in [2.45, 2.75) is 0 Å². The highest BCUT2D eigenvalue weighted by Crippen LogP contribution is 2.40. The van der Waals surface area contributed by atoms with E-state index in [2.05, 4.69) is 217 Å². The van der Waals surface area contributed by atoms with Gasteiger partial charge in [0.05, 0.1) is 16.7 Å². The number of benzene rings is 9. The molecule has 62 heavy (non-hydrogen) atoms. The van der Waals surface area contributed by atoms with Gasteiger partial charge < -0.3 is 4.57 Å². The second-order valence-electron chi connectivity index (χ2n) is 15.6. The predicted molar refractivity (Wildman–Crippen MR) is 260 cm³/mol. The van der Waals surface area contributed by atoms with Crippen molar-refractivity contribution in [3.05, 3.63) is 218 Å². The lowest BCUT2D eigenvalue weighted by molar-refractivity contribution is 1.07. The third kappa shape index (κ3) is 6.26. The molecule has 3 heterocycles. The Morgan fingerprint density at radius 2 is 0.758 bits per heavy atom. The third-order valence-electron chi connectivity index (χ3n) is 11.9. The van der Waals surface area contributed by atoms with Gasteiger partial charge in [-0.3, -0.25) is 0 Å². The van der Waals surface area contributed by atoms with Gasteiger partial charge in [-0.25, -0.2) is 15.0 Å². The number of fused-ring (bicyclic) bond motifs is 6. The summed E-state index contributed by atoms with van der Waals surface area (Å²) in [6, 6.07) is 77.5. The van der Waals surface area contributed by atoms with Gasteiger partial charge in [-0.1, -0.05) is 182 Å². The second kappa shape index (κ2) is 14.9. The van der Waals surface area contributed by atoms with Crippen molar-refractivity contribution in [3.63, 3.8) is 0 Å². The molecule has 0 aliphatic carbocycles. The van der Waals surface area contributed by atoms with E-state index in [-0.39, 0.29) is 0 Å². The van der Waals surface area contributed by atoms with Crippen LogP contribution in [-0.2, 0) is 0 Å². The predicted octanol–water partition coefficient (Wildman–Crippen LogP) is 15.3. The monoisotopic (exact) mass is 808 g/mol. The van der Waals surface area contributed by atoms with Crippen LogP contribution in [0.2, 0.25) is 0 Å². The molecule has 4 nitrogen and oxygen atoms in total. The SMILES string of the molecule is c1ccc(-c2ccc(-c3nc(-c4cccc(-c5ccc6c(c5)sc5ccccc56)c4)nc(-c4ccc(-c5ccccc5)c(-n5c6ccccc6c6ccccc65)c4)n3)cc2)cc1. The molecule has 0 radical (unpaired) electrons. The summed E-state index contributed by atoms with van der Waals surface area (Å²) in [4.78, 5) is 15.8. The number of hydrogen-bond donors (Lipinski definition) is 0. The summed E-state index contributed by atoms with van der Waals surface area (Å²) in [6.07, 6.45) is 0. The van der Waals surface area contributed by atoms with E-state index in [1.54, 1.807) is 0 Å². The first-order valence-electron chi connectivity index (χ1n) is 20.8. The molecular formula is C57H36N4S. The zero-order chi connectivity index (χ0) is 41.0. The number of aromatic nitrogens is 4. The average Bonchev–Trinajstić information content (AvgIpc) is 3.90. The van der Waals surface area contributed by atoms with Crippen molar-refractivity contribution >= 4 is 53.3 Å². The summed E-state index contributed by atoms with van der Waals surface area (Å²) in [5.41, 5.74) is 12.9. The Balaban J connectivity index is 1.04. The molecule has 0 amide bonds. The third-order valence-corrected chi connectivity index (χ3v) is 13.0. The van der Waals surface area contributed by atoms with Crippen LogP contribution in [0.4, 0.5) is 0 Å². The molecule has 12 rings (SSSR count). The molecule has 0 fully saturated rings. The lowest BCUT2D eigenvalue weighted by atomic mass is 10.00. The minimum atomic E-state index is 0.607. The van der Waals surface area contributed by atoms with E-state index in [0.29, 0.717) is 17.5 Å². The van der Waals surface area contributed by atoms with Gasteiger partial charge in [0.2, 0.25) is 0 Å². The Morgan fingerprint density at radius 1 is 0.290 bits per heavy atom. The zero-order valence-electron chi connectivity index (χ0n) is 33.5. The van der Waals surface area contributed by atoms with Crippen LogP contribution in [0.1, 0.15) is 0 Å². The van der Waals surface area contributed by atoms with Gasteiger partial charge in [-0.05, 0) is 64.2 Å². The number of nitrogens with zero attached hydrogens (tertiary/aromatic N) is 4. The molecule has 0 spiro atoms. The maximum Gasteiger partial charge on any atom is 0.164 e. The fourth-order valence-corrected chi connectivity index (χ4v) is 9.99. The highest BCUT2D eigenvalue weighted by atomic mass is 32.1. The zero-order valence-corrected chi connectivity index (χ0v) is 34.3. The summed E-state index contributed by atoms with van der Waals surface area (Å²) < 4.78 is 4.96. The van der Waals surface area contributed by atoms with Crippen LogP contribution in [0.5, 0.6) is 0 Å². The highest BCUT2D eigenvalue weighted by Gasteiger charge is 2.19. The van der Waals surface area contributed by atoms with Crippen molar-refractivity contribution < 1.29 is 0 Å². The van der Waals surface area contributed by atoms with Gasteiger partial charge in [0.1, 0.15) is 0 Å². The standard InChI is InChI=1S/C57H36N4S/c1-3-14-37(15-4-1)38-26-28-40(29-27-38)55-58-56(43-19-13-18-41(34-43)42-30-33-49-48-22-9-12-25-53(48)62-54(49)36-42)60-57(59-55)44-31-32-45(39-16-5-2-6-17-39)52(35-44)61-50-23-10-7-20-46(50)47-21-8-11-24-51(47)61/h1-36H. The number of rotatable bonds is 7. The first-order chi connectivity index (χ1) is 30.7. The van der Waals surface area contributed by atoms with Gasteiger partial charge >= 0.3 is 0 Å². The van der Waals surface area contributed by atoms with Crippen molar-refractivity contribution in [1.29, 1.82) is 0 Å². The largest absolute Gasteiger partial charge is 0.309 e. The molecular weight excluding hydrogens is 773 g/mol. The molecule has 0 N–H and O–H groups in total. The highest BCUT2D eigenvalue weighted by molar-refractivity contribution is 7.25. The maximum absolute atomic E-state index is 5.30. The van der Waals surface area contributed by atoms with E-state index in [1.165, 1.54) is 30.9 Å². The Morgan fingerprint density at radius 3 is 1.47 bits per heavy atom. The van der Waals surface area contributed by atoms with Crippen LogP contribution in [0.3, 0.4) is 0 Å². The lowest BCUT2D eigenvalue weighted by Gasteiger charge is -2.16. The van der Waals surface area contributed by atoms with Crippen molar-refractivity contribution in [3.8, 4) is 73.2 Å². The molecule has 9 aromatic carbocycles. The average molecular weight is 809 g/mol. The molecule has 290 valence electrons. The van der Waals surface area contributed by atoms with Crippen LogP contribution in [0.25, 0.3) is 115 Å². The number of thiophene rings is 1. The van der Waals surface area contributed by atoms with Gasteiger partial charge in [0.15, 0.2) is 17.5 Å². The smallest absolute Gasteiger partial charge is 0.164 e. The maximum atomic E-state index is 5.30. The van der Waals surface area contributed by atoms with E-state index in [4.69, 9.17) is 15.0 Å². The van der Waals surface area contributed by atoms with E-state index in [1.807, 2.05) is 17.4 Å². The Kier molecular flexibility index (Phi) is 8.65. The molecule has 0 bridgehead atoms. The van der Waals surface area contributed by atoms with E-state index >= 15 is 0 Å². The normalized spacial score (nSPS) is 11.5. The van der Waals surface area contributed by atoms with Gasteiger partial charge in [0, 0.05) is 53.2 Å². The Bertz CT molecular complexity index is 3570. The van der Waals surface area contributed by atoms with E-state index in [9.17, 15) is 0 Å². The first-order valence-corrected chi connectivity index (χ1v) is 21.7. The number of hydrogen-bond acceptors (Lipinski definition) is 4. The Labute approximate surface area is 362 Å². The number of para-hydroxylation sites is 2. The van der Waals surface area contributed by atoms with Gasteiger partial charge in [-0.15, -0.1) is 11.3 Å². The molecule has 0 atom stereocenters. The van der Waals surface area contributed by atoms with E-state index < -0.39 is 0 Å². The first kappa shape index (κ1) is 35.9. The van der Waals surface area contributed by atoms with Gasteiger partial charge in [0.25, 0.3) is 0 Å². The fraction of sp³-hybridized carbons (Fsp3) is 0. The summed E-state index contributed by atoms with van der Waals surface area (Å²) in [7, 11) is 0. The second-order valence-corrected chi connectivity index (χ2v) is 16.7. The molecule has 3 aromatic heterocycles. The van der Waals surface area contributed by atoms with Crippen LogP contribution in [0.15, 0.2) is 218 Å². The van der Waals surface area contributed by atoms with Crippen molar-refractivity contribution in [2.75, 3.05) is 0 Å². The minimum Gasteiger partial charge on any atom is -0.309 e. The lowest BCUT2D eigenvalue weighted by Crippen LogP contribution is -2.02. The van der Waals surface area contributed by atoms with Crippen molar-refractivity contribution in [1.82, 2.24) is 19.5 Å². The molecule has 0 saturated heterocycles. The molecule has 5 heteroatoms. The van der Waals surface area contributed by atoms with Crippen LogP contribution in [-0.4, -0.2) is 19.5 Å². The van der Waals surface area contributed by atoms with Crippen LogP contribution in [0, 0.1) is 0 Å². The summed E-state index contributed by atoms with van der Waals surface area (Å²) in [6.45, 7) is 0. The molecule has 0 aliphatic rings. The van der Waals surface area contributed by atoms with Crippen molar-refractivity contribution in [2.24, 2.45) is 0 Å². The summed E-state index contributed by atoms with van der Waals surface area (Å²) in [5.74, 6) is 1.84. The molecule has 0 aliphatic heterocycles. The minimum absolute atomic E-state index is 0.607. The summed E-state index contributed by atoms with van der Waals surface area (Å²) >= 11 is 1.84. The quantitative estimate of drug-likeness (QED) is 0.161. The van der Waals surface area contributed by atoms with Crippen LogP contribution >= 0.6 is 11.3 Å². The van der Waals surface area contributed by atoms with Crippen LogP contribution < -0.4 is 0 Å². The molecule has 12 aromatic rings. The fourth-order valence-electron chi connectivity index (χ4n) is 8.85. The van der Waals surface area contributed by atoms with Gasteiger partial charge in [-0.2, -0.15) is 0 Å². The summed E-state index contributed by atoms with van der Waals surface area (Å²) in [5, 5.41) is 5.01. The molecule has 0 unspecified atom stereocenters. The Hall–Kier alpha value is -7.99. The van der Waals surface area contributed by atoms with E-state index in [0.717, 1.165) is 66.8 Å².